The van der Waals surface area contributed by atoms with Crippen molar-refractivity contribution in [3.8, 4) is 11.1 Å². The Labute approximate surface area is 185 Å². The zero-order valence-corrected chi connectivity index (χ0v) is 17.7. The lowest BCUT2D eigenvalue weighted by Gasteiger charge is -2.31. The first-order valence-corrected chi connectivity index (χ1v) is 11.1. The standard InChI is InChI=1S/C25H25FN4O2/c26-20-10-8-16(9-11-20)18-3-1-5-21(13-18)27-24(31)19-4-2-12-30(15-19)25(32)23-14-22(28-29-23)17-6-7-17/h1,3,5,8-11,13-14,17,19H,2,4,6-7,12,15H2,(H,27,31)(H,28,29)/t19-/m0/s1. The molecule has 164 valence electrons. The second kappa shape index (κ2) is 8.57. The SMILES string of the molecule is O=C(Nc1cccc(-c2ccc(F)cc2)c1)[C@H]1CCCN(C(=O)c2cc(C3CC3)[nH]n2)C1. The topological polar surface area (TPSA) is 78.1 Å². The molecule has 1 aliphatic heterocycles. The molecule has 1 aromatic heterocycles. The van der Waals surface area contributed by atoms with Crippen LogP contribution < -0.4 is 5.32 Å². The van der Waals surface area contributed by atoms with Crippen molar-refractivity contribution in [3.05, 3.63) is 71.8 Å². The number of amides is 2. The van der Waals surface area contributed by atoms with Gasteiger partial charge in [-0.1, -0.05) is 24.3 Å². The molecule has 1 saturated carbocycles. The molecule has 7 heteroatoms. The number of likely N-dealkylation sites (tertiary alicyclic amines) is 1. The van der Waals surface area contributed by atoms with Crippen molar-refractivity contribution < 1.29 is 14.0 Å². The molecule has 1 aliphatic carbocycles. The van der Waals surface area contributed by atoms with E-state index in [0.29, 0.717) is 30.4 Å². The van der Waals surface area contributed by atoms with Gasteiger partial charge in [0.25, 0.3) is 5.91 Å². The summed E-state index contributed by atoms with van der Waals surface area (Å²) in [5, 5.41) is 10.2. The van der Waals surface area contributed by atoms with E-state index in [1.165, 1.54) is 12.1 Å². The lowest BCUT2D eigenvalue weighted by atomic mass is 9.96. The molecule has 6 nitrogen and oxygen atoms in total. The normalized spacial score (nSPS) is 18.4. The Morgan fingerprint density at radius 2 is 1.84 bits per heavy atom. The number of hydrogen-bond donors (Lipinski definition) is 2. The van der Waals surface area contributed by atoms with Crippen LogP contribution in [0.5, 0.6) is 0 Å². The number of anilines is 1. The molecule has 2 aliphatic rings. The van der Waals surface area contributed by atoms with Gasteiger partial charge in [-0.3, -0.25) is 14.7 Å². The van der Waals surface area contributed by atoms with E-state index in [1.807, 2.05) is 30.3 Å². The van der Waals surface area contributed by atoms with Crippen LogP contribution in [0.25, 0.3) is 11.1 Å². The van der Waals surface area contributed by atoms with Crippen LogP contribution >= 0.6 is 0 Å². The highest BCUT2D eigenvalue weighted by molar-refractivity contribution is 5.95. The first-order valence-electron chi connectivity index (χ1n) is 11.1. The number of aromatic amines is 1. The third kappa shape index (κ3) is 4.42. The molecule has 0 unspecified atom stereocenters. The van der Waals surface area contributed by atoms with Crippen LogP contribution in [0.1, 0.15) is 47.8 Å². The fourth-order valence-electron chi connectivity index (χ4n) is 4.25. The minimum atomic E-state index is -0.284. The fourth-order valence-corrected chi connectivity index (χ4v) is 4.25. The van der Waals surface area contributed by atoms with Crippen LogP contribution in [0.4, 0.5) is 10.1 Å². The summed E-state index contributed by atoms with van der Waals surface area (Å²) in [7, 11) is 0. The second-order valence-electron chi connectivity index (χ2n) is 8.65. The van der Waals surface area contributed by atoms with E-state index in [2.05, 4.69) is 15.5 Å². The summed E-state index contributed by atoms with van der Waals surface area (Å²) >= 11 is 0. The van der Waals surface area contributed by atoms with Crippen molar-refractivity contribution in [2.24, 2.45) is 5.92 Å². The third-order valence-electron chi connectivity index (χ3n) is 6.22. The Morgan fingerprint density at radius 3 is 2.62 bits per heavy atom. The monoisotopic (exact) mass is 432 g/mol. The summed E-state index contributed by atoms with van der Waals surface area (Å²) in [4.78, 5) is 27.6. The molecule has 0 radical (unpaired) electrons. The number of benzene rings is 2. The lowest BCUT2D eigenvalue weighted by molar-refractivity contribution is -0.121. The number of hydrogen-bond acceptors (Lipinski definition) is 3. The quantitative estimate of drug-likeness (QED) is 0.619. The maximum Gasteiger partial charge on any atom is 0.274 e. The molecule has 2 amide bonds. The van der Waals surface area contributed by atoms with Gasteiger partial charge in [-0.15, -0.1) is 0 Å². The summed E-state index contributed by atoms with van der Waals surface area (Å²) in [6, 6.07) is 15.6. The van der Waals surface area contributed by atoms with Gasteiger partial charge < -0.3 is 10.2 Å². The Bertz CT molecular complexity index is 1140. The number of nitrogens with one attached hydrogen (secondary N) is 2. The average Bonchev–Trinajstić information content (AvgIpc) is 3.56. The molecule has 0 bridgehead atoms. The zero-order valence-electron chi connectivity index (χ0n) is 17.7. The molecule has 5 rings (SSSR count). The predicted octanol–water partition coefficient (Wildman–Crippen LogP) is 4.58. The minimum Gasteiger partial charge on any atom is -0.336 e. The van der Waals surface area contributed by atoms with Crippen LogP contribution in [0.2, 0.25) is 0 Å². The highest BCUT2D eigenvalue weighted by atomic mass is 19.1. The molecular weight excluding hydrogens is 407 g/mol. The highest BCUT2D eigenvalue weighted by Crippen LogP contribution is 2.39. The molecular formula is C25H25FN4O2. The van der Waals surface area contributed by atoms with Gasteiger partial charge in [-0.2, -0.15) is 5.10 Å². The summed E-state index contributed by atoms with van der Waals surface area (Å²) in [5.74, 6) is -0.268. The van der Waals surface area contributed by atoms with E-state index in [1.54, 1.807) is 17.0 Å². The first-order chi connectivity index (χ1) is 15.6. The Morgan fingerprint density at radius 1 is 1.03 bits per heavy atom. The molecule has 32 heavy (non-hydrogen) atoms. The van der Waals surface area contributed by atoms with Gasteiger partial charge in [0.05, 0.1) is 5.92 Å². The van der Waals surface area contributed by atoms with Crippen molar-refractivity contribution in [2.45, 2.75) is 31.6 Å². The predicted molar refractivity (Wildman–Crippen MR) is 120 cm³/mol. The van der Waals surface area contributed by atoms with Crippen molar-refractivity contribution in [2.75, 3.05) is 18.4 Å². The number of nitrogens with zero attached hydrogens (tertiary/aromatic N) is 2. The smallest absolute Gasteiger partial charge is 0.274 e. The highest BCUT2D eigenvalue weighted by Gasteiger charge is 2.31. The summed E-state index contributed by atoms with van der Waals surface area (Å²) < 4.78 is 13.2. The van der Waals surface area contributed by atoms with Crippen molar-refractivity contribution in [3.63, 3.8) is 0 Å². The Kier molecular flexibility index (Phi) is 5.47. The van der Waals surface area contributed by atoms with Gasteiger partial charge in [0.15, 0.2) is 0 Å². The number of aromatic nitrogens is 2. The van der Waals surface area contributed by atoms with Crippen molar-refractivity contribution in [1.82, 2.24) is 15.1 Å². The molecule has 3 aromatic rings. The lowest BCUT2D eigenvalue weighted by Crippen LogP contribution is -2.43. The van der Waals surface area contributed by atoms with Gasteiger partial charge in [-0.25, -0.2) is 4.39 Å². The molecule has 2 aromatic carbocycles. The number of halogens is 1. The Hall–Kier alpha value is -3.48. The molecule has 1 saturated heterocycles. The van der Waals surface area contributed by atoms with Crippen molar-refractivity contribution in [1.29, 1.82) is 0 Å². The number of rotatable bonds is 5. The number of carbonyl (C=O) groups excluding carboxylic acids is 2. The maximum absolute atomic E-state index is 13.2. The molecule has 2 N–H and O–H groups in total. The van der Waals surface area contributed by atoms with Crippen LogP contribution in [0.3, 0.4) is 0 Å². The van der Waals surface area contributed by atoms with Gasteiger partial charge in [0, 0.05) is 30.4 Å². The van der Waals surface area contributed by atoms with Crippen LogP contribution in [0.15, 0.2) is 54.6 Å². The summed E-state index contributed by atoms with van der Waals surface area (Å²) in [6.45, 7) is 1.02. The zero-order chi connectivity index (χ0) is 22.1. The molecule has 2 heterocycles. The molecule has 2 fully saturated rings. The van der Waals surface area contributed by atoms with Gasteiger partial charge in [-0.05, 0) is 67.1 Å². The fraction of sp³-hybridized carbons (Fsp3) is 0.320. The average molecular weight is 432 g/mol. The second-order valence-corrected chi connectivity index (χ2v) is 8.65. The van der Waals surface area contributed by atoms with Crippen molar-refractivity contribution >= 4 is 17.5 Å². The van der Waals surface area contributed by atoms with E-state index in [9.17, 15) is 14.0 Å². The summed E-state index contributed by atoms with van der Waals surface area (Å²) in [6.07, 6.45) is 3.80. The van der Waals surface area contributed by atoms with Crippen LogP contribution in [-0.4, -0.2) is 40.0 Å². The van der Waals surface area contributed by atoms with Gasteiger partial charge in [0.1, 0.15) is 11.5 Å². The van der Waals surface area contributed by atoms with E-state index < -0.39 is 0 Å². The number of piperidine rings is 1. The number of carbonyl (C=O) groups is 2. The van der Waals surface area contributed by atoms with Gasteiger partial charge in [0.2, 0.25) is 5.91 Å². The van der Waals surface area contributed by atoms with Gasteiger partial charge >= 0.3 is 0 Å². The molecule has 1 atom stereocenters. The summed E-state index contributed by atoms with van der Waals surface area (Å²) in [5.41, 5.74) is 3.91. The Balaban J connectivity index is 1.24. The first kappa shape index (κ1) is 20.4. The third-order valence-corrected chi connectivity index (χ3v) is 6.22. The van der Waals surface area contributed by atoms with Crippen LogP contribution in [-0.2, 0) is 4.79 Å². The van der Waals surface area contributed by atoms with E-state index in [0.717, 1.165) is 42.5 Å². The largest absolute Gasteiger partial charge is 0.336 e. The van der Waals surface area contributed by atoms with Crippen LogP contribution in [0, 0.1) is 11.7 Å². The molecule has 0 spiro atoms. The van der Waals surface area contributed by atoms with E-state index >= 15 is 0 Å². The maximum atomic E-state index is 13.2. The van der Waals surface area contributed by atoms with E-state index in [4.69, 9.17) is 0 Å². The minimum absolute atomic E-state index is 0.0977. The van der Waals surface area contributed by atoms with E-state index in [-0.39, 0.29) is 23.5 Å². The number of H-pyrrole nitrogens is 1.